The molecular weight excluding hydrogens is 392 g/mol. The molecule has 0 aliphatic rings. The van der Waals surface area contributed by atoms with Crippen molar-refractivity contribution >= 4 is 23.7 Å². The van der Waals surface area contributed by atoms with Gasteiger partial charge in [-0.15, -0.1) is 0 Å². The molecule has 3 atom stereocenters. The van der Waals surface area contributed by atoms with Crippen LogP contribution in [0.5, 0.6) is 0 Å². The molecule has 0 saturated carbocycles. The zero-order chi connectivity index (χ0) is 22.1. The minimum Gasteiger partial charge on any atom is -0.481 e. The van der Waals surface area contributed by atoms with Gasteiger partial charge in [-0.2, -0.15) is 0 Å². The van der Waals surface area contributed by atoms with Crippen LogP contribution in [0, 0.1) is 17.0 Å². The Hall–Kier alpha value is -3.10. The number of hydrogen-bond donors (Lipinski definition) is 6. The maximum atomic E-state index is 12.0. The molecular formula is C15H24N6O8. The molecule has 0 aliphatic heterocycles. The summed E-state index contributed by atoms with van der Waals surface area (Å²) in [5.41, 5.74) is 5.72. The maximum absolute atomic E-state index is 12.0. The zero-order valence-electron chi connectivity index (χ0n) is 15.6. The summed E-state index contributed by atoms with van der Waals surface area (Å²) in [5.74, 6) is -3.12. The van der Waals surface area contributed by atoms with Gasteiger partial charge in [0.2, 0.25) is 5.91 Å². The quantitative estimate of drug-likeness (QED) is 0.119. The highest BCUT2D eigenvalue weighted by Crippen LogP contribution is 2.12. The lowest BCUT2D eigenvalue weighted by Gasteiger charge is -2.19. The van der Waals surface area contributed by atoms with Crippen LogP contribution in [-0.2, 0) is 20.9 Å². The Kier molecular flexibility index (Phi) is 9.11. The largest absolute Gasteiger partial charge is 0.481 e. The number of rotatable bonds is 13. The van der Waals surface area contributed by atoms with Gasteiger partial charge < -0.3 is 36.5 Å². The molecule has 0 radical (unpaired) electrons. The number of imidazole rings is 1. The smallest absolute Gasteiger partial charge is 0.342 e. The third-order valence-electron chi connectivity index (χ3n) is 4.01. The second-order valence-electron chi connectivity index (χ2n) is 6.22. The molecule has 1 aromatic heterocycles. The van der Waals surface area contributed by atoms with Crippen LogP contribution in [0.4, 0.5) is 5.82 Å². The fraction of sp³-hybridized carbons (Fsp3) is 0.600. The number of aliphatic carboxylic acids is 2. The van der Waals surface area contributed by atoms with Gasteiger partial charge in [-0.05, 0) is 17.8 Å². The van der Waals surface area contributed by atoms with Crippen LogP contribution >= 0.6 is 0 Å². The molecule has 7 N–H and O–H groups in total. The zero-order valence-corrected chi connectivity index (χ0v) is 15.6. The molecule has 0 aromatic carbocycles. The van der Waals surface area contributed by atoms with E-state index in [4.69, 9.17) is 15.9 Å². The maximum Gasteiger partial charge on any atom is 0.342 e. The molecule has 1 heterocycles. The predicted octanol–water partition coefficient (Wildman–Crippen LogP) is -1.84. The van der Waals surface area contributed by atoms with Crippen LogP contribution in [0.1, 0.15) is 25.1 Å². The number of aromatic nitrogens is 2. The molecule has 1 rings (SSSR count). The van der Waals surface area contributed by atoms with E-state index in [1.54, 1.807) is 6.92 Å². The van der Waals surface area contributed by atoms with E-state index in [0.717, 1.165) is 6.20 Å². The number of nitrogens with zero attached hydrogens (tertiary/aromatic N) is 3. The molecule has 0 saturated heterocycles. The summed E-state index contributed by atoms with van der Waals surface area (Å²) >= 11 is 0. The SMILES string of the molecule is Cc1ncc([N+](=O)[O-])n1CCNC(=O)C(N)CCC(O)NC(CC(=O)O)C(=O)O. The summed E-state index contributed by atoms with van der Waals surface area (Å²) < 4.78 is 1.33. The van der Waals surface area contributed by atoms with Crippen LogP contribution in [0.25, 0.3) is 0 Å². The van der Waals surface area contributed by atoms with Gasteiger partial charge in [0.15, 0.2) is 5.82 Å². The van der Waals surface area contributed by atoms with Gasteiger partial charge in [-0.3, -0.25) is 19.7 Å². The second kappa shape index (κ2) is 11.0. The van der Waals surface area contributed by atoms with E-state index in [-0.39, 0.29) is 31.7 Å². The highest BCUT2D eigenvalue weighted by molar-refractivity contribution is 5.81. The summed E-state index contributed by atoms with van der Waals surface area (Å²) in [4.78, 5) is 47.7. The number of aryl methyl sites for hydroxylation is 1. The van der Waals surface area contributed by atoms with Gasteiger partial charge in [0.25, 0.3) is 0 Å². The monoisotopic (exact) mass is 416 g/mol. The lowest BCUT2D eigenvalue weighted by Crippen LogP contribution is -2.46. The van der Waals surface area contributed by atoms with Crippen molar-refractivity contribution in [3.05, 3.63) is 22.1 Å². The van der Waals surface area contributed by atoms with Crippen molar-refractivity contribution in [2.75, 3.05) is 6.54 Å². The molecule has 29 heavy (non-hydrogen) atoms. The van der Waals surface area contributed by atoms with Crippen molar-refractivity contribution < 1.29 is 34.6 Å². The number of aliphatic hydroxyl groups excluding tert-OH is 1. The molecule has 3 unspecified atom stereocenters. The number of carbonyl (C=O) groups is 3. The Bertz CT molecular complexity index is 751. The fourth-order valence-corrected chi connectivity index (χ4v) is 2.48. The van der Waals surface area contributed by atoms with Gasteiger partial charge in [-0.1, -0.05) is 0 Å². The Labute approximate surface area is 164 Å². The Morgan fingerprint density at radius 3 is 2.55 bits per heavy atom. The molecule has 0 aliphatic carbocycles. The second-order valence-corrected chi connectivity index (χ2v) is 6.22. The number of carbonyl (C=O) groups excluding carboxylic acids is 1. The number of aliphatic hydroxyl groups is 1. The molecule has 14 nitrogen and oxygen atoms in total. The van der Waals surface area contributed by atoms with E-state index in [0.29, 0.717) is 5.82 Å². The first kappa shape index (κ1) is 23.9. The molecule has 1 amide bonds. The van der Waals surface area contributed by atoms with Crippen LogP contribution in [-0.4, -0.2) is 72.5 Å². The van der Waals surface area contributed by atoms with Crippen LogP contribution in [0.3, 0.4) is 0 Å². The Morgan fingerprint density at radius 1 is 1.34 bits per heavy atom. The first-order valence-electron chi connectivity index (χ1n) is 8.61. The van der Waals surface area contributed by atoms with E-state index in [9.17, 15) is 29.6 Å². The van der Waals surface area contributed by atoms with E-state index >= 15 is 0 Å². The molecule has 14 heteroatoms. The summed E-state index contributed by atoms with van der Waals surface area (Å²) in [6.07, 6.45) is -1.08. The van der Waals surface area contributed by atoms with Gasteiger partial charge in [0.05, 0.1) is 19.0 Å². The van der Waals surface area contributed by atoms with Crippen LogP contribution < -0.4 is 16.4 Å². The molecule has 0 bridgehead atoms. The number of hydrogen-bond acceptors (Lipinski definition) is 9. The summed E-state index contributed by atoms with van der Waals surface area (Å²) in [5, 5.41) is 43.0. The number of amides is 1. The summed E-state index contributed by atoms with van der Waals surface area (Å²) in [6, 6.07) is -2.50. The summed E-state index contributed by atoms with van der Waals surface area (Å²) in [7, 11) is 0. The summed E-state index contributed by atoms with van der Waals surface area (Å²) in [6.45, 7) is 1.76. The lowest BCUT2D eigenvalue weighted by atomic mass is 10.1. The molecule has 0 spiro atoms. The van der Waals surface area contributed by atoms with Crippen molar-refractivity contribution in [1.29, 1.82) is 0 Å². The van der Waals surface area contributed by atoms with Crippen molar-refractivity contribution in [2.45, 2.75) is 51.0 Å². The van der Waals surface area contributed by atoms with Crippen molar-refractivity contribution in [2.24, 2.45) is 5.73 Å². The van der Waals surface area contributed by atoms with Crippen LogP contribution in [0.2, 0.25) is 0 Å². The molecule has 0 fully saturated rings. The highest BCUT2D eigenvalue weighted by Gasteiger charge is 2.24. The van der Waals surface area contributed by atoms with Crippen molar-refractivity contribution in [3.63, 3.8) is 0 Å². The molecule has 1 aromatic rings. The van der Waals surface area contributed by atoms with Crippen molar-refractivity contribution in [1.82, 2.24) is 20.2 Å². The standard InChI is InChI=1S/C15H24N6O8/c1-8-18-7-12(21(28)29)20(8)5-4-17-14(25)9(16)2-3-11(22)19-10(15(26)27)6-13(23)24/h7,9-11,19,22H,2-6,16H2,1H3,(H,17,25)(H,23,24)(H,26,27). The minimum absolute atomic E-state index is 0.0103. The third-order valence-corrected chi connectivity index (χ3v) is 4.01. The lowest BCUT2D eigenvalue weighted by molar-refractivity contribution is -0.392. The van der Waals surface area contributed by atoms with Crippen molar-refractivity contribution in [3.8, 4) is 0 Å². The third kappa shape index (κ3) is 7.81. The van der Waals surface area contributed by atoms with E-state index in [1.165, 1.54) is 4.57 Å². The number of carboxylic acid groups (broad SMARTS) is 2. The minimum atomic E-state index is -1.48. The number of nitro groups is 1. The average Bonchev–Trinajstić information content (AvgIpc) is 2.99. The molecule has 162 valence electrons. The van der Waals surface area contributed by atoms with Gasteiger partial charge in [-0.25, -0.2) is 9.55 Å². The number of nitrogens with two attached hydrogens (primary N) is 1. The van der Waals surface area contributed by atoms with E-state index in [1.807, 2.05) is 0 Å². The Morgan fingerprint density at radius 2 is 2.00 bits per heavy atom. The van der Waals surface area contributed by atoms with E-state index in [2.05, 4.69) is 15.6 Å². The van der Waals surface area contributed by atoms with Gasteiger partial charge in [0.1, 0.15) is 25.0 Å². The fourth-order valence-electron chi connectivity index (χ4n) is 2.48. The first-order valence-corrected chi connectivity index (χ1v) is 8.61. The average molecular weight is 416 g/mol. The van der Waals surface area contributed by atoms with Crippen LogP contribution in [0.15, 0.2) is 6.20 Å². The topological polar surface area (TPSA) is 223 Å². The van der Waals surface area contributed by atoms with E-state index < -0.39 is 47.5 Å². The first-order chi connectivity index (χ1) is 13.5. The van der Waals surface area contributed by atoms with Gasteiger partial charge in [0, 0.05) is 6.92 Å². The number of carboxylic acids is 2. The number of nitrogens with one attached hydrogen (secondary N) is 2. The van der Waals surface area contributed by atoms with Gasteiger partial charge >= 0.3 is 17.8 Å². The predicted molar refractivity (Wildman–Crippen MR) is 96.7 cm³/mol. The normalized spacial score (nSPS) is 14.0. The Balaban J connectivity index is 2.42. The highest BCUT2D eigenvalue weighted by atomic mass is 16.6.